The number of hydrogen-bond acceptors (Lipinski definition) is 3. The van der Waals surface area contributed by atoms with Crippen molar-refractivity contribution >= 4 is 0 Å². The fourth-order valence-corrected chi connectivity index (χ4v) is 0.499. The summed E-state index contributed by atoms with van der Waals surface area (Å²) >= 11 is 0. The summed E-state index contributed by atoms with van der Waals surface area (Å²) < 4.78 is 0. The molecule has 1 atom stereocenters. The van der Waals surface area contributed by atoms with Crippen LogP contribution in [0.25, 0.3) is 0 Å². The minimum atomic E-state index is 0.310. The van der Waals surface area contributed by atoms with Gasteiger partial charge < -0.3 is 10.6 Å². The lowest BCUT2D eigenvalue weighted by atomic mass is 10.2. The van der Waals surface area contributed by atoms with Crippen molar-refractivity contribution < 1.29 is 4.84 Å². The predicted molar refractivity (Wildman–Crippen MR) is 37.9 cm³/mol. The summed E-state index contributed by atoms with van der Waals surface area (Å²) in [5, 5.41) is 0. The maximum Gasteiger partial charge on any atom is 0.0654 e. The maximum atomic E-state index is 5.38. The van der Waals surface area contributed by atoms with E-state index in [1.54, 1.807) is 0 Å². The Balaban J connectivity index is 3.09. The van der Waals surface area contributed by atoms with Crippen LogP contribution < -0.4 is 11.2 Å². The van der Waals surface area contributed by atoms with Gasteiger partial charge in [0.25, 0.3) is 0 Å². The van der Waals surface area contributed by atoms with Gasteiger partial charge in [0.1, 0.15) is 0 Å². The Hall–Kier alpha value is -0.120. The van der Waals surface area contributed by atoms with Crippen molar-refractivity contribution in [3.63, 3.8) is 0 Å². The van der Waals surface area contributed by atoms with E-state index in [0.717, 1.165) is 6.42 Å². The molecule has 0 aliphatic heterocycles. The molecule has 9 heavy (non-hydrogen) atoms. The van der Waals surface area contributed by atoms with Gasteiger partial charge in [-0.15, -0.1) is 0 Å². The first-order valence-corrected chi connectivity index (χ1v) is 3.42. The summed E-state index contributed by atoms with van der Waals surface area (Å²) in [7, 11) is 0. The molecular weight excluding hydrogens is 116 g/mol. The maximum absolute atomic E-state index is 5.38. The van der Waals surface area contributed by atoms with Gasteiger partial charge in [-0.25, -0.2) is 0 Å². The summed E-state index contributed by atoms with van der Waals surface area (Å²) in [6.07, 6.45) is 1.01. The summed E-state index contributed by atoms with van der Waals surface area (Å²) in [6.45, 7) is 5.34. The Morgan fingerprint density at radius 1 is 1.56 bits per heavy atom. The molecule has 0 aromatic heterocycles. The van der Waals surface area contributed by atoms with Crippen molar-refractivity contribution in [3.05, 3.63) is 0 Å². The van der Waals surface area contributed by atoms with E-state index in [2.05, 4.69) is 12.4 Å². The van der Waals surface area contributed by atoms with Crippen LogP contribution in [-0.4, -0.2) is 19.2 Å². The van der Waals surface area contributed by atoms with Crippen LogP contribution in [0.5, 0.6) is 0 Å². The zero-order valence-electron chi connectivity index (χ0n) is 6.18. The Morgan fingerprint density at radius 2 is 2.22 bits per heavy atom. The molecular formula is C6H16N2O. The van der Waals surface area contributed by atoms with E-state index in [4.69, 9.17) is 10.6 Å². The second kappa shape index (κ2) is 6.01. The normalized spacial score (nSPS) is 13.7. The molecule has 3 N–H and O–H groups in total. The lowest BCUT2D eigenvalue weighted by Crippen LogP contribution is -2.35. The molecule has 0 radical (unpaired) electrons. The van der Waals surface area contributed by atoms with Gasteiger partial charge in [0.05, 0.1) is 6.61 Å². The third kappa shape index (κ3) is 4.39. The smallest absolute Gasteiger partial charge is 0.0654 e. The van der Waals surface area contributed by atoms with Gasteiger partial charge in [-0.1, -0.05) is 6.92 Å². The SMILES string of the molecule is CCONC(CC)CN. The lowest BCUT2D eigenvalue weighted by molar-refractivity contribution is 0.0257. The highest BCUT2D eigenvalue weighted by atomic mass is 16.6. The predicted octanol–water partition coefficient (Wildman–Crippen LogP) is 0.265. The van der Waals surface area contributed by atoms with Crippen LogP contribution in [0.2, 0.25) is 0 Å². The largest absolute Gasteiger partial charge is 0.329 e. The first-order chi connectivity index (χ1) is 4.35. The molecule has 0 aromatic carbocycles. The molecule has 0 heterocycles. The quantitative estimate of drug-likeness (QED) is 0.528. The fraction of sp³-hybridized carbons (Fsp3) is 1.00. The first kappa shape index (κ1) is 8.88. The van der Waals surface area contributed by atoms with Crippen LogP contribution in [0.4, 0.5) is 0 Å². The van der Waals surface area contributed by atoms with Crippen molar-refractivity contribution in [3.8, 4) is 0 Å². The van der Waals surface area contributed by atoms with E-state index in [1.807, 2.05) is 6.92 Å². The van der Waals surface area contributed by atoms with Crippen molar-refractivity contribution in [2.75, 3.05) is 13.2 Å². The highest BCUT2D eigenvalue weighted by molar-refractivity contribution is 4.58. The first-order valence-electron chi connectivity index (χ1n) is 3.42. The van der Waals surface area contributed by atoms with Crippen LogP contribution >= 0.6 is 0 Å². The third-order valence-corrected chi connectivity index (χ3v) is 1.17. The molecule has 0 aliphatic rings. The van der Waals surface area contributed by atoms with E-state index < -0.39 is 0 Å². The Bertz CT molecular complexity index is 55.0. The third-order valence-electron chi connectivity index (χ3n) is 1.17. The van der Waals surface area contributed by atoms with Gasteiger partial charge in [-0.05, 0) is 13.3 Å². The average molecular weight is 132 g/mol. The van der Waals surface area contributed by atoms with Crippen LogP contribution in [-0.2, 0) is 4.84 Å². The molecule has 0 aromatic rings. The zero-order valence-corrected chi connectivity index (χ0v) is 6.18. The minimum Gasteiger partial charge on any atom is -0.329 e. The minimum absolute atomic E-state index is 0.310. The fourth-order valence-electron chi connectivity index (χ4n) is 0.499. The molecule has 56 valence electrons. The molecule has 0 spiro atoms. The van der Waals surface area contributed by atoms with Crippen LogP contribution in [0.3, 0.4) is 0 Å². The molecule has 0 aliphatic carbocycles. The molecule has 0 saturated heterocycles. The van der Waals surface area contributed by atoms with Crippen LogP contribution in [0, 0.1) is 0 Å². The number of rotatable bonds is 5. The number of hydrogen-bond donors (Lipinski definition) is 2. The van der Waals surface area contributed by atoms with E-state index in [9.17, 15) is 0 Å². The Kier molecular flexibility index (Phi) is 5.93. The van der Waals surface area contributed by atoms with Gasteiger partial charge >= 0.3 is 0 Å². The van der Waals surface area contributed by atoms with Gasteiger partial charge in [0.15, 0.2) is 0 Å². The highest BCUT2D eigenvalue weighted by Gasteiger charge is 1.99. The summed E-state index contributed by atoms with van der Waals surface area (Å²) in [4.78, 5) is 4.95. The second-order valence-electron chi connectivity index (χ2n) is 1.89. The Morgan fingerprint density at radius 3 is 2.56 bits per heavy atom. The molecule has 3 nitrogen and oxygen atoms in total. The Labute approximate surface area is 56.5 Å². The molecule has 0 fully saturated rings. The van der Waals surface area contributed by atoms with Gasteiger partial charge in [-0.3, -0.25) is 0 Å². The average Bonchev–Trinajstić information content (AvgIpc) is 1.91. The number of hydroxylamine groups is 1. The van der Waals surface area contributed by atoms with Crippen molar-refractivity contribution in [1.29, 1.82) is 0 Å². The van der Waals surface area contributed by atoms with Crippen LogP contribution in [0.15, 0.2) is 0 Å². The van der Waals surface area contributed by atoms with Gasteiger partial charge in [-0.2, -0.15) is 5.48 Å². The standard InChI is InChI=1S/C6H16N2O/c1-3-6(5-7)8-9-4-2/h6,8H,3-5,7H2,1-2H3. The molecule has 0 rings (SSSR count). The topological polar surface area (TPSA) is 47.3 Å². The van der Waals surface area contributed by atoms with E-state index in [1.165, 1.54) is 0 Å². The summed E-state index contributed by atoms with van der Waals surface area (Å²) in [5.74, 6) is 0. The second-order valence-corrected chi connectivity index (χ2v) is 1.89. The molecule has 0 amide bonds. The summed E-state index contributed by atoms with van der Waals surface area (Å²) in [5.41, 5.74) is 8.23. The molecule has 3 heteroatoms. The zero-order chi connectivity index (χ0) is 7.11. The summed E-state index contributed by atoms with van der Waals surface area (Å²) in [6, 6.07) is 0.310. The van der Waals surface area contributed by atoms with Crippen molar-refractivity contribution in [2.45, 2.75) is 26.3 Å². The highest BCUT2D eigenvalue weighted by Crippen LogP contribution is 1.85. The van der Waals surface area contributed by atoms with Crippen molar-refractivity contribution in [1.82, 2.24) is 5.48 Å². The van der Waals surface area contributed by atoms with Crippen LogP contribution in [0.1, 0.15) is 20.3 Å². The van der Waals surface area contributed by atoms with E-state index >= 15 is 0 Å². The van der Waals surface area contributed by atoms with E-state index in [-0.39, 0.29) is 0 Å². The van der Waals surface area contributed by atoms with Gasteiger partial charge in [0.2, 0.25) is 0 Å². The number of nitrogens with two attached hydrogens (primary N) is 1. The number of nitrogens with one attached hydrogen (secondary N) is 1. The van der Waals surface area contributed by atoms with Crippen molar-refractivity contribution in [2.24, 2.45) is 5.73 Å². The molecule has 0 bridgehead atoms. The van der Waals surface area contributed by atoms with E-state index in [0.29, 0.717) is 19.2 Å². The lowest BCUT2D eigenvalue weighted by Gasteiger charge is -2.12. The monoisotopic (exact) mass is 132 g/mol. The molecule has 0 saturated carbocycles. The molecule has 1 unspecified atom stereocenters. The van der Waals surface area contributed by atoms with Gasteiger partial charge in [0, 0.05) is 12.6 Å².